The van der Waals surface area contributed by atoms with Crippen LogP contribution in [0.25, 0.3) is 0 Å². The molecule has 0 aromatic heterocycles. The zero-order chi connectivity index (χ0) is 19.0. The molecule has 2 aliphatic rings. The lowest BCUT2D eigenvalue weighted by molar-refractivity contribution is -0.115. The van der Waals surface area contributed by atoms with Crippen molar-refractivity contribution in [2.45, 2.75) is 19.3 Å². The predicted octanol–water partition coefficient (Wildman–Crippen LogP) is 4.73. The first-order valence-corrected chi connectivity index (χ1v) is 9.67. The Balaban J connectivity index is 1.61. The van der Waals surface area contributed by atoms with Crippen LogP contribution in [0.2, 0.25) is 0 Å². The molecule has 0 unspecified atom stereocenters. The number of nitrogens with zero attached hydrogens (tertiary/aromatic N) is 2. The minimum absolute atomic E-state index is 0.108. The molecule has 5 heteroatoms. The van der Waals surface area contributed by atoms with Gasteiger partial charge in [0, 0.05) is 23.8 Å². The van der Waals surface area contributed by atoms with E-state index >= 15 is 0 Å². The summed E-state index contributed by atoms with van der Waals surface area (Å²) in [5.41, 5.74) is 4.39. The fourth-order valence-electron chi connectivity index (χ4n) is 3.57. The Hall–Kier alpha value is -2.79. The molecular formula is C22H21N3OS. The molecule has 0 saturated carbocycles. The lowest BCUT2D eigenvalue weighted by Crippen LogP contribution is -2.22. The topological polar surface area (TPSA) is 44.7 Å². The molecule has 4 rings (SSSR count). The number of thioether (sulfide) groups is 1. The average molecular weight is 375 g/mol. The predicted molar refractivity (Wildman–Crippen MR) is 113 cm³/mol. The van der Waals surface area contributed by atoms with Crippen molar-refractivity contribution in [1.29, 1.82) is 0 Å². The van der Waals surface area contributed by atoms with E-state index in [9.17, 15) is 4.79 Å². The molecule has 4 nitrogen and oxygen atoms in total. The highest BCUT2D eigenvalue weighted by atomic mass is 32.2. The molecule has 2 aliphatic heterocycles. The number of likely N-dealkylation sites (N-methyl/N-ethyl adjacent to an activating group) is 1. The lowest BCUT2D eigenvalue weighted by Gasteiger charge is -2.23. The van der Waals surface area contributed by atoms with Crippen molar-refractivity contribution in [1.82, 2.24) is 5.32 Å². The molecule has 2 aromatic rings. The Morgan fingerprint density at radius 3 is 2.48 bits per heavy atom. The second kappa shape index (κ2) is 6.74. The van der Waals surface area contributed by atoms with Gasteiger partial charge < -0.3 is 10.2 Å². The molecule has 1 saturated heterocycles. The van der Waals surface area contributed by atoms with Crippen LogP contribution < -0.4 is 10.2 Å². The van der Waals surface area contributed by atoms with Gasteiger partial charge in [0.1, 0.15) is 0 Å². The van der Waals surface area contributed by atoms with Crippen molar-refractivity contribution < 1.29 is 4.79 Å². The van der Waals surface area contributed by atoms with E-state index in [1.165, 1.54) is 23.0 Å². The van der Waals surface area contributed by atoms with Gasteiger partial charge in [0.2, 0.25) is 0 Å². The van der Waals surface area contributed by atoms with Gasteiger partial charge in [-0.2, -0.15) is 0 Å². The molecule has 0 radical (unpaired) electrons. The van der Waals surface area contributed by atoms with E-state index in [2.05, 4.69) is 60.4 Å². The van der Waals surface area contributed by atoms with Gasteiger partial charge in [-0.05, 0) is 47.7 Å². The van der Waals surface area contributed by atoms with Crippen molar-refractivity contribution in [3.8, 4) is 0 Å². The normalized spacial score (nSPS) is 22.6. The highest BCUT2D eigenvalue weighted by Crippen LogP contribution is 2.46. The van der Waals surface area contributed by atoms with E-state index in [1.807, 2.05) is 42.5 Å². The number of anilines is 1. The number of rotatable bonds is 2. The second-order valence-corrected chi connectivity index (χ2v) is 8.12. The number of aliphatic imine (C=N–C) groups is 1. The summed E-state index contributed by atoms with van der Waals surface area (Å²) < 4.78 is 0. The van der Waals surface area contributed by atoms with E-state index < -0.39 is 0 Å². The summed E-state index contributed by atoms with van der Waals surface area (Å²) in [7, 11) is 2.07. The molecule has 0 atom stereocenters. The van der Waals surface area contributed by atoms with Crippen molar-refractivity contribution >= 4 is 34.2 Å². The summed E-state index contributed by atoms with van der Waals surface area (Å²) in [4.78, 5) is 19.7. The molecule has 1 amide bonds. The van der Waals surface area contributed by atoms with Crippen LogP contribution in [-0.2, 0) is 10.2 Å². The third-order valence-electron chi connectivity index (χ3n) is 4.97. The van der Waals surface area contributed by atoms with Crippen LogP contribution in [0.4, 0.5) is 11.4 Å². The molecule has 136 valence electrons. The van der Waals surface area contributed by atoms with Crippen LogP contribution >= 0.6 is 11.8 Å². The number of hydrogen-bond acceptors (Lipinski definition) is 4. The van der Waals surface area contributed by atoms with Gasteiger partial charge in [0.05, 0.1) is 10.6 Å². The smallest absolute Gasteiger partial charge is 0.264 e. The Morgan fingerprint density at radius 1 is 1.04 bits per heavy atom. The van der Waals surface area contributed by atoms with Gasteiger partial charge in [-0.3, -0.25) is 4.79 Å². The van der Waals surface area contributed by atoms with E-state index in [0.717, 1.165) is 11.4 Å². The molecule has 2 heterocycles. The van der Waals surface area contributed by atoms with Gasteiger partial charge in [-0.25, -0.2) is 4.99 Å². The molecule has 1 N–H and O–H groups in total. The number of carbonyl (C=O) groups excluding carboxylic acids is 1. The number of amides is 1. The minimum Gasteiger partial charge on any atom is -0.347 e. The summed E-state index contributed by atoms with van der Waals surface area (Å²) in [6.45, 7) is 4.42. The Kier molecular flexibility index (Phi) is 4.40. The first kappa shape index (κ1) is 17.6. The SMILES string of the molecule is CN1/C(=C\C=C2\SC(=Nc3ccccc3)NC2=O)C(C)(C)c2ccccc21. The third-order valence-corrected chi connectivity index (χ3v) is 5.90. The highest BCUT2D eigenvalue weighted by molar-refractivity contribution is 8.18. The Morgan fingerprint density at radius 2 is 1.74 bits per heavy atom. The largest absolute Gasteiger partial charge is 0.347 e. The lowest BCUT2D eigenvalue weighted by atomic mass is 9.84. The number of fused-ring (bicyclic) bond motifs is 1. The average Bonchev–Trinajstić information content (AvgIpc) is 3.10. The summed E-state index contributed by atoms with van der Waals surface area (Å²) in [5, 5.41) is 3.45. The Labute approximate surface area is 163 Å². The third kappa shape index (κ3) is 3.19. The van der Waals surface area contributed by atoms with Crippen LogP contribution in [0.5, 0.6) is 0 Å². The van der Waals surface area contributed by atoms with Gasteiger partial charge >= 0.3 is 0 Å². The number of carbonyl (C=O) groups is 1. The maximum absolute atomic E-state index is 12.3. The van der Waals surface area contributed by atoms with Crippen LogP contribution in [0.1, 0.15) is 19.4 Å². The molecule has 0 spiro atoms. The van der Waals surface area contributed by atoms with E-state index in [-0.39, 0.29) is 11.3 Å². The maximum atomic E-state index is 12.3. The van der Waals surface area contributed by atoms with Gasteiger partial charge in [-0.1, -0.05) is 50.2 Å². The number of amidine groups is 1. The van der Waals surface area contributed by atoms with E-state index in [1.54, 1.807) is 0 Å². The van der Waals surface area contributed by atoms with Crippen molar-refractivity contribution in [3.05, 3.63) is 82.9 Å². The number of para-hydroxylation sites is 2. The molecule has 1 fully saturated rings. The second-order valence-electron chi connectivity index (χ2n) is 7.09. The van der Waals surface area contributed by atoms with E-state index in [0.29, 0.717) is 10.1 Å². The summed E-state index contributed by atoms with van der Waals surface area (Å²) in [6.07, 6.45) is 3.94. The van der Waals surface area contributed by atoms with Crippen LogP contribution in [0, 0.1) is 0 Å². The number of nitrogens with one attached hydrogen (secondary N) is 1. The Bertz CT molecular complexity index is 990. The minimum atomic E-state index is -0.109. The van der Waals surface area contributed by atoms with Gasteiger partial charge in [0.25, 0.3) is 5.91 Å². The molecule has 27 heavy (non-hydrogen) atoms. The van der Waals surface area contributed by atoms with Crippen molar-refractivity contribution in [2.75, 3.05) is 11.9 Å². The monoisotopic (exact) mass is 375 g/mol. The van der Waals surface area contributed by atoms with Crippen LogP contribution in [0.15, 0.2) is 82.3 Å². The first-order chi connectivity index (χ1) is 13.0. The van der Waals surface area contributed by atoms with Crippen LogP contribution in [-0.4, -0.2) is 18.1 Å². The highest BCUT2D eigenvalue weighted by Gasteiger charge is 2.37. The molecule has 0 aliphatic carbocycles. The fraction of sp³-hybridized carbons (Fsp3) is 0.182. The van der Waals surface area contributed by atoms with E-state index in [4.69, 9.17) is 0 Å². The van der Waals surface area contributed by atoms with Crippen molar-refractivity contribution in [3.63, 3.8) is 0 Å². The zero-order valence-corrected chi connectivity index (χ0v) is 16.4. The quantitative estimate of drug-likeness (QED) is 0.772. The van der Waals surface area contributed by atoms with Gasteiger partial charge in [-0.15, -0.1) is 0 Å². The number of hydrogen-bond donors (Lipinski definition) is 1. The molecule has 0 bridgehead atoms. The fourth-order valence-corrected chi connectivity index (χ4v) is 4.35. The van der Waals surface area contributed by atoms with Crippen LogP contribution in [0.3, 0.4) is 0 Å². The zero-order valence-electron chi connectivity index (χ0n) is 15.6. The number of allylic oxidation sites excluding steroid dienone is 3. The van der Waals surface area contributed by atoms with Gasteiger partial charge in [0.15, 0.2) is 5.17 Å². The summed E-state index contributed by atoms with van der Waals surface area (Å²) >= 11 is 1.37. The summed E-state index contributed by atoms with van der Waals surface area (Å²) in [6, 6.07) is 18.1. The molecule has 2 aromatic carbocycles. The van der Waals surface area contributed by atoms with Crippen molar-refractivity contribution in [2.24, 2.45) is 4.99 Å². The maximum Gasteiger partial charge on any atom is 0.264 e. The first-order valence-electron chi connectivity index (χ1n) is 8.85. The number of benzene rings is 2. The standard InChI is InChI=1S/C22H21N3OS/c1-22(2)16-11-7-8-12-17(16)25(3)19(22)14-13-18-20(26)24-21(27-18)23-15-9-5-4-6-10-15/h4-14H,1-3H3,(H,23,24,26)/b18-13+,19-14-. The summed E-state index contributed by atoms with van der Waals surface area (Å²) in [5.74, 6) is -0.109. The molecular weight excluding hydrogens is 354 g/mol.